The van der Waals surface area contributed by atoms with Gasteiger partial charge >= 0.3 is 0 Å². The summed E-state index contributed by atoms with van der Waals surface area (Å²) in [6.45, 7) is 4.90. The largest absolute Gasteiger partial charge is 0.377 e. The van der Waals surface area contributed by atoms with E-state index >= 15 is 0 Å². The third-order valence-corrected chi connectivity index (χ3v) is 4.80. The molecule has 3 rings (SSSR count). The van der Waals surface area contributed by atoms with Gasteiger partial charge in [-0.25, -0.2) is 4.98 Å². The van der Waals surface area contributed by atoms with Crippen LogP contribution in [0.4, 0.5) is 0 Å². The molecule has 1 atom stereocenters. The fraction of sp³-hybridized carbons (Fsp3) is 0.500. The molecule has 1 aromatic heterocycles. The second kappa shape index (κ2) is 6.20. The van der Waals surface area contributed by atoms with E-state index in [2.05, 4.69) is 4.98 Å². The maximum absolute atomic E-state index is 12.7. The van der Waals surface area contributed by atoms with Crippen LogP contribution in [0.2, 0.25) is 0 Å². The fourth-order valence-electron chi connectivity index (χ4n) is 2.63. The lowest BCUT2D eigenvalue weighted by molar-refractivity contribution is 0.129. The van der Waals surface area contributed by atoms with Crippen LogP contribution < -0.4 is 5.56 Å². The summed E-state index contributed by atoms with van der Waals surface area (Å²) in [6.07, 6.45) is 2.53. The number of hydrogen-bond donors (Lipinski definition) is 0. The summed E-state index contributed by atoms with van der Waals surface area (Å²) in [5.41, 5.74) is 0.819. The Balaban J connectivity index is 1.98. The molecule has 5 heteroatoms. The Kier molecular flexibility index (Phi) is 4.31. The van der Waals surface area contributed by atoms with E-state index in [1.165, 1.54) is 0 Å². The molecule has 1 aliphatic heterocycles. The number of aromatic nitrogens is 2. The van der Waals surface area contributed by atoms with Gasteiger partial charge in [-0.2, -0.15) is 0 Å². The molecule has 1 aromatic carbocycles. The van der Waals surface area contributed by atoms with Crippen molar-refractivity contribution in [1.82, 2.24) is 9.55 Å². The lowest BCUT2D eigenvalue weighted by Gasteiger charge is -2.17. The van der Waals surface area contributed by atoms with Gasteiger partial charge in [-0.3, -0.25) is 9.36 Å². The summed E-state index contributed by atoms with van der Waals surface area (Å²) in [7, 11) is 0. The second-order valence-electron chi connectivity index (χ2n) is 5.63. The van der Waals surface area contributed by atoms with Crippen LogP contribution in [0, 0.1) is 0 Å². The third-order valence-electron chi connectivity index (χ3n) is 3.71. The molecule has 2 heterocycles. The van der Waals surface area contributed by atoms with Crippen LogP contribution in [-0.2, 0) is 4.74 Å². The fourth-order valence-corrected chi connectivity index (χ4v) is 3.82. The van der Waals surface area contributed by atoms with Gasteiger partial charge in [0.15, 0.2) is 5.16 Å². The average molecular weight is 304 g/mol. The van der Waals surface area contributed by atoms with Crippen LogP contribution in [0.15, 0.2) is 34.2 Å². The average Bonchev–Trinajstić information content (AvgIpc) is 2.98. The van der Waals surface area contributed by atoms with Gasteiger partial charge < -0.3 is 4.74 Å². The first-order chi connectivity index (χ1) is 10.2. The van der Waals surface area contributed by atoms with E-state index in [9.17, 15) is 4.79 Å². The summed E-state index contributed by atoms with van der Waals surface area (Å²) in [4.78, 5) is 17.4. The van der Waals surface area contributed by atoms with E-state index in [1.54, 1.807) is 16.3 Å². The predicted molar refractivity (Wildman–Crippen MR) is 86.1 cm³/mol. The van der Waals surface area contributed by atoms with E-state index in [0.29, 0.717) is 11.5 Å². The number of rotatable bonds is 4. The number of para-hydroxylation sites is 1. The summed E-state index contributed by atoms with van der Waals surface area (Å²) in [5.74, 6) is 0.859. The summed E-state index contributed by atoms with van der Waals surface area (Å²) in [5, 5.41) is 1.48. The maximum atomic E-state index is 12.7. The summed E-state index contributed by atoms with van der Waals surface area (Å²) < 4.78 is 7.45. The molecular weight excluding hydrogens is 284 g/mol. The zero-order valence-corrected chi connectivity index (χ0v) is 13.2. The number of ether oxygens (including phenoxy) is 1. The van der Waals surface area contributed by atoms with Crippen molar-refractivity contribution in [2.45, 2.75) is 44.0 Å². The lowest BCUT2D eigenvalue weighted by atomic mass is 10.2. The number of nitrogens with zero attached hydrogens (tertiary/aromatic N) is 2. The zero-order valence-electron chi connectivity index (χ0n) is 12.4. The molecule has 1 unspecified atom stereocenters. The van der Waals surface area contributed by atoms with Crippen LogP contribution >= 0.6 is 11.8 Å². The highest BCUT2D eigenvalue weighted by Crippen LogP contribution is 2.24. The van der Waals surface area contributed by atoms with Gasteiger partial charge in [0.05, 0.1) is 17.0 Å². The normalized spacial score (nSPS) is 18.7. The Labute approximate surface area is 128 Å². The Morgan fingerprint density at radius 2 is 2.24 bits per heavy atom. The van der Waals surface area contributed by atoms with E-state index in [1.807, 2.05) is 38.1 Å². The zero-order chi connectivity index (χ0) is 14.8. The van der Waals surface area contributed by atoms with Crippen LogP contribution in [0.1, 0.15) is 32.7 Å². The first-order valence-electron chi connectivity index (χ1n) is 7.42. The molecule has 0 radical (unpaired) electrons. The molecule has 0 bridgehead atoms. The van der Waals surface area contributed by atoms with E-state index in [0.717, 1.165) is 35.9 Å². The van der Waals surface area contributed by atoms with Crippen molar-refractivity contribution in [3.63, 3.8) is 0 Å². The van der Waals surface area contributed by atoms with Gasteiger partial charge in [0.1, 0.15) is 0 Å². The van der Waals surface area contributed by atoms with Gasteiger partial charge in [-0.15, -0.1) is 0 Å². The Morgan fingerprint density at radius 1 is 1.43 bits per heavy atom. The van der Waals surface area contributed by atoms with Gasteiger partial charge in [-0.1, -0.05) is 23.9 Å². The first-order valence-corrected chi connectivity index (χ1v) is 8.41. The van der Waals surface area contributed by atoms with E-state index in [-0.39, 0.29) is 11.6 Å². The number of thioether (sulfide) groups is 1. The van der Waals surface area contributed by atoms with Gasteiger partial charge in [0.2, 0.25) is 0 Å². The molecule has 21 heavy (non-hydrogen) atoms. The second-order valence-corrected chi connectivity index (χ2v) is 6.61. The van der Waals surface area contributed by atoms with E-state index in [4.69, 9.17) is 4.74 Å². The maximum Gasteiger partial charge on any atom is 0.262 e. The quantitative estimate of drug-likeness (QED) is 0.642. The molecule has 112 valence electrons. The summed E-state index contributed by atoms with van der Waals surface area (Å²) >= 11 is 1.63. The van der Waals surface area contributed by atoms with Crippen molar-refractivity contribution in [3.05, 3.63) is 34.6 Å². The Hall–Kier alpha value is -1.33. The van der Waals surface area contributed by atoms with Crippen molar-refractivity contribution < 1.29 is 4.74 Å². The smallest absolute Gasteiger partial charge is 0.262 e. The monoisotopic (exact) mass is 304 g/mol. The summed E-state index contributed by atoms with van der Waals surface area (Å²) in [6, 6.07) is 7.65. The molecule has 4 nitrogen and oxygen atoms in total. The number of benzene rings is 1. The first kappa shape index (κ1) is 14.6. The molecule has 0 N–H and O–H groups in total. The van der Waals surface area contributed by atoms with Crippen molar-refractivity contribution in [2.24, 2.45) is 0 Å². The number of hydrogen-bond acceptors (Lipinski definition) is 4. The minimum absolute atomic E-state index is 0.0467. The van der Waals surface area contributed by atoms with Crippen LogP contribution in [0.5, 0.6) is 0 Å². The van der Waals surface area contributed by atoms with Crippen LogP contribution in [0.25, 0.3) is 10.9 Å². The minimum atomic E-state index is 0.0467. The van der Waals surface area contributed by atoms with Gasteiger partial charge in [0, 0.05) is 18.4 Å². The minimum Gasteiger partial charge on any atom is -0.377 e. The third kappa shape index (κ3) is 2.99. The Bertz CT molecular complexity index is 690. The van der Waals surface area contributed by atoms with Gasteiger partial charge in [0.25, 0.3) is 5.56 Å². The van der Waals surface area contributed by atoms with E-state index < -0.39 is 0 Å². The van der Waals surface area contributed by atoms with Crippen molar-refractivity contribution in [2.75, 3.05) is 12.4 Å². The highest BCUT2D eigenvalue weighted by Gasteiger charge is 2.19. The number of fused-ring (bicyclic) bond motifs is 1. The SMILES string of the molecule is CC(C)n1c(SCC2CCCO2)nc2ccccc2c1=O. The van der Waals surface area contributed by atoms with Crippen molar-refractivity contribution >= 4 is 22.7 Å². The van der Waals surface area contributed by atoms with Crippen LogP contribution in [-0.4, -0.2) is 28.0 Å². The molecule has 1 fully saturated rings. The van der Waals surface area contributed by atoms with Crippen molar-refractivity contribution in [3.8, 4) is 0 Å². The highest BCUT2D eigenvalue weighted by molar-refractivity contribution is 7.99. The topological polar surface area (TPSA) is 44.1 Å². The molecule has 0 spiro atoms. The van der Waals surface area contributed by atoms with Gasteiger partial charge in [-0.05, 0) is 38.8 Å². The van der Waals surface area contributed by atoms with Crippen molar-refractivity contribution in [1.29, 1.82) is 0 Å². The standard InChI is InChI=1S/C16H20N2O2S/c1-11(2)18-15(19)13-7-3-4-8-14(13)17-16(18)21-10-12-6-5-9-20-12/h3-4,7-8,11-12H,5-6,9-10H2,1-2H3. The molecular formula is C16H20N2O2S. The molecule has 1 aliphatic rings. The molecule has 2 aromatic rings. The predicted octanol–water partition coefficient (Wildman–Crippen LogP) is 3.25. The molecule has 0 saturated carbocycles. The molecule has 0 amide bonds. The lowest BCUT2D eigenvalue weighted by Crippen LogP contribution is -2.25. The molecule has 1 saturated heterocycles. The molecule has 0 aliphatic carbocycles. The Morgan fingerprint density at radius 3 is 2.95 bits per heavy atom. The van der Waals surface area contributed by atoms with Crippen LogP contribution in [0.3, 0.4) is 0 Å². The highest BCUT2D eigenvalue weighted by atomic mass is 32.2.